The maximum atomic E-state index is 5.57. The van der Waals surface area contributed by atoms with Crippen LogP contribution in [0.5, 0.6) is 0 Å². The van der Waals surface area contributed by atoms with Gasteiger partial charge in [0.15, 0.2) is 5.82 Å². The molecule has 0 aliphatic carbocycles. The third-order valence-corrected chi connectivity index (χ3v) is 3.54. The molecular formula is C14H24N4O2. The second-order valence-electron chi connectivity index (χ2n) is 4.95. The Kier molecular flexibility index (Phi) is 5.55. The number of rotatable bonds is 7. The van der Waals surface area contributed by atoms with Crippen LogP contribution >= 0.6 is 0 Å². The van der Waals surface area contributed by atoms with Crippen LogP contribution < -0.4 is 10.6 Å². The molecule has 1 aromatic heterocycles. The first-order chi connectivity index (χ1) is 9.72. The fourth-order valence-corrected chi connectivity index (χ4v) is 2.25. The summed E-state index contributed by atoms with van der Waals surface area (Å²) in [5, 5.41) is 6.43. The Hall–Kier alpha value is -1.40. The van der Waals surface area contributed by atoms with Crippen molar-refractivity contribution in [3.05, 3.63) is 11.9 Å². The second kappa shape index (κ2) is 7.40. The fraction of sp³-hybridized carbons (Fsp3) is 0.714. The van der Waals surface area contributed by atoms with E-state index in [-0.39, 0.29) is 0 Å². The largest absolute Gasteiger partial charge is 0.378 e. The number of anilines is 2. The molecule has 20 heavy (non-hydrogen) atoms. The van der Waals surface area contributed by atoms with Gasteiger partial charge >= 0.3 is 0 Å². The smallest absolute Gasteiger partial charge is 0.158 e. The van der Waals surface area contributed by atoms with E-state index in [1.165, 1.54) is 0 Å². The van der Waals surface area contributed by atoms with E-state index in [1.807, 2.05) is 20.0 Å². The summed E-state index contributed by atoms with van der Waals surface area (Å²) < 4.78 is 10.9. The van der Waals surface area contributed by atoms with Gasteiger partial charge in [0.05, 0.1) is 6.10 Å². The molecule has 0 amide bonds. The SMILES string of the molecule is CCOCc1nc(NC)cc(NCC2CCOC2C)n1. The lowest BCUT2D eigenvalue weighted by Crippen LogP contribution is -2.21. The Balaban J connectivity index is 1.98. The van der Waals surface area contributed by atoms with Crippen molar-refractivity contribution in [2.45, 2.75) is 33.0 Å². The van der Waals surface area contributed by atoms with Crippen LogP contribution in [0.15, 0.2) is 6.07 Å². The van der Waals surface area contributed by atoms with Crippen LogP contribution in [0, 0.1) is 5.92 Å². The maximum Gasteiger partial charge on any atom is 0.158 e. The molecule has 112 valence electrons. The minimum atomic E-state index is 0.316. The third kappa shape index (κ3) is 4.05. The van der Waals surface area contributed by atoms with Crippen LogP contribution in [0.2, 0.25) is 0 Å². The normalized spacial score (nSPS) is 21.9. The highest BCUT2D eigenvalue weighted by molar-refractivity contribution is 5.47. The first kappa shape index (κ1) is 15.0. The molecule has 0 aromatic carbocycles. The van der Waals surface area contributed by atoms with Gasteiger partial charge in [-0.25, -0.2) is 9.97 Å². The summed E-state index contributed by atoms with van der Waals surface area (Å²) in [6, 6.07) is 1.91. The molecule has 6 heteroatoms. The summed E-state index contributed by atoms with van der Waals surface area (Å²) in [5.74, 6) is 2.86. The third-order valence-electron chi connectivity index (χ3n) is 3.54. The summed E-state index contributed by atoms with van der Waals surface area (Å²) in [6.07, 6.45) is 1.42. The molecule has 0 bridgehead atoms. The topological polar surface area (TPSA) is 68.3 Å². The van der Waals surface area contributed by atoms with Crippen molar-refractivity contribution >= 4 is 11.6 Å². The minimum Gasteiger partial charge on any atom is -0.378 e. The molecule has 0 saturated carbocycles. The van der Waals surface area contributed by atoms with Gasteiger partial charge < -0.3 is 20.1 Å². The molecule has 1 aromatic rings. The van der Waals surface area contributed by atoms with E-state index in [0.29, 0.717) is 31.1 Å². The zero-order valence-corrected chi connectivity index (χ0v) is 12.5. The number of nitrogens with zero attached hydrogens (tertiary/aromatic N) is 2. The highest BCUT2D eigenvalue weighted by Gasteiger charge is 2.23. The molecular weight excluding hydrogens is 256 g/mol. The van der Waals surface area contributed by atoms with E-state index >= 15 is 0 Å². The predicted octanol–water partition coefficient (Wildman–Crippen LogP) is 1.89. The van der Waals surface area contributed by atoms with Gasteiger partial charge in [-0.15, -0.1) is 0 Å². The van der Waals surface area contributed by atoms with Gasteiger partial charge in [0.25, 0.3) is 0 Å². The van der Waals surface area contributed by atoms with E-state index < -0.39 is 0 Å². The highest BCUT2D eigenvalue weighted by atomic mass is 16.5. The number of nitrogens with one attached hydrogen (secondary N) is 2. The van der Waals surface area contributed by atoms with E-state index in [2.05, 4.69) is 27.5 Å². The average molecular weight is 280 g/mol. The van der Waals surface area contributed by atoms with Crippen molar-refractivity contribution in [1.82, 2.24) is 9.97 Å². The molecule has 0 spiro atoms. The lowest BCUT2D eigenvalue weighted by atomic mass is 10.0. The number of aromatic nitrogens is 2. The van der Waals surface area contributed by atoms with Crippen LogP contribution in [-0.2, 0) is 16.1 Å². The van der Waals surface area contributed by atoms with Gasteiger partial charge in [-0.2, -0.15) is 0 Å². The number of ether oxygens (including phenoxy) is 2. The lowest BCUT2D eigenvalue weighted by Gasteiger charge is -2.16. The molecule has 2 rings (SSSR count). The number of hydrogen-bond acceptors (Lipinski definition) is 6. The Labute approximate surface area is 120 Å². The molecule has 2 atom stereocenters. The van der Waals surface area contributed by atoms with Gasteiger partial charge in [-0.3, -0.25) is 0 Å². The van der Waals surface area contributed by atoms with Crippen LogP contribution in [0.4, 0.5) is 11.6 Å². The Morgan fingerprint density at radius 1 is 1.40 bits per heavy atom. The zero-order chi connectivity index (χ0) is 14.4. The molecule has 1 aliphatic rings. The Bertz CT molecular complexity index is 428. The molecule has 1 saturated heterocycles. The van der Waals surface area contributed by atoms with Gasteiger partial charge in [0, 0.05) is 38.8 Å². The number of hydrogen-bond donors (Lipinski definition) is 2. The molecule has 6 nitrogen and oxygen atoms in total. The second-order valence-corrected chi connectivity index (χ2v) is 4.95. The maximum absolute atomic E-state index is 5.57. The van der Waals surface area contributed by atoms with Crippen molar-refractivity contribution in [2.24, 2.45) is 5.92 Å². The first-order valence-electron chi connectivity index (χ1n) is 7.21. The molecule has 0 radical (unpaired) electrons. The van der Waals surface area contributed by atoms with E-state index in [4.69, 9.17) is 9.47 Å². The molecule has 2 heterocycles. The van der Waals surface area contributed by atoms with E-state index in [0.717, 1.165) is 31.2 Å². The van der Waals surface area contributed by atoms with Gasteiger partial charge in [-0.05, 0) is 20.3 Å². The average Bonchev–Trinajstić information content (AvgIpc) is 2.88. The van der Waals surface area contributed by atoms with Crippen molar-refractivity contribution < 1.29 is 9.47 Å². The van der Waals surface area contributed by atoms with Gasteiger partial charge in [0.2, 0.25) is 0 Å². The Morgan fingerprint density at radius 3 is 2.85 bits per heavy atom. The fourth-order valence-electron chi connectivity index (χ4n) is 2.25. The summed E-state index contributed by atoms with van der Waals surface area (Å²) >= 11 is 0. The van der Waals surface area contributed by atoms with E-state index in [1.54, 1.807) is 0 Å². The van der Waals surface area contributed by atoms with E-state index in [9.17, 15) is 0 Å². The van der Waals surface area contributed by atoms with Crippen LogP contribution in [0.25, 0.3) is 0 Å². The van der Waals surface area contributed by atoms with Crippen LogP contribution in [0.3, 0.4) is 0 Å². The van der Waals surface area contributed by atoms with Gasteiger partial charge in [0.1, 0.15) is 18.2 Å². The molecule has 1 aliphatic heterocycles. The molecule has 1 fully saturated rings. The highest BCUT2D eigenvalue weighted by Crippen LogP contribution is 2.21. The zero-order valence-electron chi connectivity index (χ0n) is 12.5. The van der Waals surface area contributed by atoms with Crippen molar-refractivity contribution in [1.29, 1.82) is 0 Å². The lowest BCUT2D eigenvalue weighted by molar-refractivity contribution is 0.108. The van der Waals surface area contributed by atoms with Crippen molar-refractivity contribution in [2.75, 3.05) is 37.4 Å². The van der Waals surface area contributed by atoms with Gasteiger partial charge in [-0.1, -0.05) is 0 Å². The summed E-state index contributed by atoms with van der Waals surface area (Å²) in [5.41, 5.74) is 0. The molecule has 2 N–H and O–H groups in total. The Morgan fingerprint density at radius 2 is 2.20 bits per heavy atom. The predicted molar refractivity (Wildman–Crippen MR) is 78.9 cm³/mol. The standard InChI is InChI=1S/C14H24N4O2/c1-4-19-9-14-17-12(15-3)7-13(18-14)16-8-11-5-6-20-10(11)2/h7,10-11H,4-6,8-9H2,1-3H3,(H2,15,16,17,18). The van der Waals surface area contributed by atoms with Crippen LogP contribution in [-0.4, -0.2) is 42.9 Å². The van der Waals surface area contributed by atoms with Crippen LogP contribution in [0.1, 0.15) is 26.1 Å². The van der Waals surface area contributed by atoms with Crippen molar-refractivity contribution in [3.8, 4) is 0 Å². The summed E-state index contributed by atoms with van der Waals surface area (Å²) in [7, 11) is 1.85. The first-order valence-corrected chi connectivity index (χ1v) is 7.21. The monoisotopic (exact) mass is 280 g/mol. The summed E-state index contributed by atoms with van der Waals surface area (Å²) in [4.78, 5) is 8.85. The van der Waals surface area contributed by atoms with Crippen molar-refractivity contribution in [3.63, 3.8) is 0 Å². The molecule has 2 unspecified atom stereocenters. The minimum absolute atomic E-state index is 0.316. The quantitative estimate of drug-likeness (QED) is 0.795. The summed E-state index contributed by atoms with van der Waals surface area (Å²) in [6.45, 7) is 6.90.